The van der Waals surface area contributed by atoms with Gasteiger partial charge in [0.25, 0.3) is 11.6 Å². The van der Waals surface area contributed by atoms with Crippen molar-refractivity contribution in [3.05, 3.63) is 58.3 Å². The second-order valence-corrected chi connectivity index (χ2v) is 5.98. The lowest BCUT2D eigenvalue weighted by molar-refractivity contribution is -0.384. The van der Waals surface area contributed by atoms with Gasteiger partial charge in [0.15, 0.2) is 0 Å². The van der Waals surface area contributed by atoms with Crippen molar-refractivity contribution < 1.29 is 9.72 Å². The van der Waals surface area contributed by atoms with Crippen molar-refractivity contribution in [1.29, 1.82) is 0 Å². The number of rotatable bonds is 4. The molecule has 3 N–H and O–H groups in total. The molecule has 0 radical (unpaired) electrons. The summed E-state index contributed by atoms with van der Waals surface area (Å²) in [7, 11) is 0. The molecule has 3 rings (SSSR count). The highest BCUT2D eigenvalue weighted by atomic mass is 16.6. The molecule has 0 saturated carbocycles. The van der Waals surface area contributed by atoms with Crippen molar-refractivity contribution in [2.75, 3.05) is 23.7 Å². The lowest BCUT2D eigenvalue weighted by Gasteiger charge is -2.34. The van der Waals surface area contributed by atoms with Crippen molar-refractivity contribution in [3.63, 3.8) is 0 Å². The fraction of sp³-hybridized carbons (Fsp3) is 0.294. The number of nitrogens with one attached hydrogen (secondary N) is 1. The van der Waals surface area contributed by atoms with E-state index >= 15 is 0 Å². The standard InChI is InChI=1S/C17H19N5O3/c18-15-7-6-13(22(24)25)10-14(15)17(23)20-12-4-3-9-21(11-12)16-5-1-2-8-19-16/h1-2,5-8,10,12H,3-4,9,11,18H2,(H,20,23)/t12-/m0/s1. The van der Waals surface area contributed by atoms with Crippen LogP contribution in [0.25, 0.3) is 0 Å². The molecule has 1 aliphatic heterocycles. The number of benzene rings is 1. The number of piperidine rings is 1. The highest BCUT2D eigenvalue weighted by molar-refractivity contribution is 6.00. The molecule has 1 aromatic heterocycles. The largest absolute Gasteiger partial charge is 0.398 e. The maximum Gasteiger partial charge on any atom is 0.270 e. The van der Waals surface area contributed by atoms with Crippen molar-refractivity contribution in [1.82, 2.24) is 10.3 Å². The number of amides is 1. The first-order chi connectivity index (χ1) is 12.0. The molecular formula is C17H19N5O3. The van der Waals surface area contributed by atoms with E-state index in [-0.39, 0.29) is 23.0 Å². The summed E-state index contributed by atoms with van der Waals surface area (Å²) in [6, 6.07) is 9.53. The zero-order chi connectivity index (χ0) is 17.8. The summed E-state index contributed by atoms with van der Waals surface area (Å²) in [5.74, 6) is 0.477. The van der Waals surface area contributed by atoms with Crippen LogP contribution in [0, 0.1) is 10.1 Å². The fourth-order valence-electron chi connectivity index (χ4n) is 2.96. The van der Waals surface area contributed by atoms with Crippen LogP contribution >= 0.6 is 0 Å². The first kappa shape index (κ1) is 16.7. The maximum absolute atomic E-state index is 12.5. The van der Waals surface area contributed by atoms with Crippen LogP contribution in [0.4, 0.5) is 17.2 Å². The van der Waals surface area contributed by atoms with Gasteiger partial charge in [-0.3, -0.25) is 14.9 Å². The average Bonchev–Trinajstić information content (AvgIpc) is 2.62. The van der Waals surface area contributed by atoms with Crippen LogP contribution in [0.15, 0.2) is 42.6 Å². The molecule has 2 heterocycles. The van der Waals surface area contributed by atoms with E-state index in [0.717, 1.165) is 25.2 Å². The molecule has 0 unspecified atom stereocenters. The highest BCUT2D eigenvalue weighted by Gasteiger charge is 2.24. The number of pyridine rings is 1. The summed E-state index contributed by atoms with van der Waals surface area (Å²) in [5.41, 5.74) is 6.01. The Bertz CT molecular complexity index is 781. The van der Waals surface area contributed by atoms with E-state index in [1.54, 1.807) is 6.20 Å². The molecule has 0 aliphatic carbocycles. The minimum absolute atomic E-state index is 0.0677. The Morgan fingerprint density at radius 2 is 2.20 bits per heavy atom. The minimum atomic E-state index is -0.542. The molecule has 1 fully saturated rings. The predicted octanol–water partition coefficient (Wildman–Crippen LogP) is 1.97. The van der Waals surface area contributed by atoms with Gasteiger partial charge in [-0.25, -0.2) is 4.98 Å². The Labute approximate surface area is 144 Å². The molecule has 1 aliphatic rings. The van der Waals surface area contributed by atoms with E-state index in [1.807, 2.05) is 18.2 Å². The normalized spacial score (nSPS) is 17.1. The van der Waals surface area contributed by atoms with Crippen molar-refractivity contribution in [2.24, 2.45) is 0 Å². The summed E-state index contributed by atoms with van der Waals surface area (Å²) < 4.78 is 0. The predicted molar refractivity (Wildman–Crippen MR) is 94.4 cm³/mol. The molecule has 130 valence electrons. The van der Waals surface area contributed by atoms with Crippen molar-refractivity contribution in [3.8, 4) is 0 Å². The fourth-order valence-corrected chi connectivity index (χ4v) is 2.96. The Kier molecular flexibility index (Phi) is 4.78. The molecule has 0 spiro atoms. The number of hydrogen-bond donors (Lipinski definition) is 2. The van der Waals surface area contributed by atoms with Crippen molar-refractivity contribution in [2.45, 2.75) is 18.9 Å². The van der Waals surface area contributed by atoms with Gasteiger partial charge in [0.1, 0.15) is 5.82 Å². The van der Waals surface area contributed by atoms with E-state index in [0.29, 0.717) is 6.54 Å². The Hall–Kier alpha value is -3.16. The van der Waals surface area contributed by atoms with E-state index in [9.17, 15) is 14.9 Å². The smallest absolute Gasteiger partial charge is 0.270 e. The number of nitrogens with two attached hydrogens (primary N) is 1. The first-order valence-corrected chi connectivity index (χ1v) is 8.05. The Morgan fingerprint density at radius 3 is 2.92 bits per heavy atom. The topological polar surface area (TPSA) is 114 Å². The third-order valence-electron chi connectivity index (χ3n) is 4.22. The zero-order valence-electron chi connectivity index (χ0n) is 13.6. The number of carbonyl (C=O) groups excluding carboxylic acids is 1. The summed E-state index contributed by atoms with van der Waals surface area (Å²) in [6.45, 7) is 1.51. The third kappa shape index (κ3) is 3.85. The number of aromatic nitrogens is 1. The Morgan fingerprint density at radius 1 is 1.36 bits per heavy atom. The van der Waals surface area contributed by atoms with Gasteiger partial charge in [0.2, 0.25) is 0 Å². The van der Waals surface area contributed by atoms with Crippen LogP contribution in [0.5, 0.6) is 0 Å². The van der Waals surface area contributed by atoms with Crippen LogP contribution in [0.1, 0.15) is 23.2 Å². The van der Waals surface area contributed by atoms with Gasteiger partial charge in [-0.2, -0.15) is 0 Å². The van der Waals surface area contributed by atoms with Crippen LogP contribution < -0.4 is 16.0 Å². The Balaban J connectivity index is 1.70. The third-order valence-corrected chi connectivity index (χ3v) is 4.22. The number of hydrogen-bond acceptors (Lipinski definition) is 6. The second kappa shape index (κ2) is 7.16. The minimum Gasteiger partial charge on any atom is -0.398 e. The summed E-state index contributed by atoms with van der Waals surface area (Å²) in [6.07, 6.45) is 3.50. The molecule has 1 atom stereocenters. The quantitative estimate of drug-likeness (QED) is 0.499. The summed E-state index contributed by atoms with van der Waals surface area (Å²) in [5, 5.41) is 13.8. The molecule has 8 nitrogen and oxygen atoms in total. The average molecular weight is 341 g/mol. The number of nitro groups is 1. The van der Waals surface area contributed by atoms with Gasteiger partial charge in [0, 0.05) is 43.1 Å². The lowest BCUT2D eigenvalue weighted by Crippen LogP contribution is -2.48. The van der Waals surface area contributed by atoms with Gasteiger partial charge < -0.3 is 16.0 Å². The van der Waals surface area contributed by atoms with Crippen LogP contribution in [0.2, 0.25) is 0 Å². The first-order valence-electron chi connectivity index (χ1n) is 8.05. The second-order valence-electron chi connectivity index (χ2n) is 5.98. The molecule has 8 heteroatoms. The van der Waals surface area contributed by atoms with E-state index in [1.165, 1.54) is 18.2 Å². The SMILES string of the molecule is Nc1ccc([N+](=O)[O-])cc1C(=O)N[C@H]1CCCN(c2ccccn2)C1. The molecule has 0 bridgehead atoms. The molecule has 25 heavy (non-hydrogen) atoms. The van der Waals surface area contributed by atoms with Crippen LogP contribution in [-0.4, -0.2) is 34.9 Å². The van der Waals surface area contributed by atoms with E-state index in [2.05, 4.69) is 15.2 Å². The van der Waals surface area contributed by atoms with Gasteiger partial charge in [0.05, 0.1) is 10.5 Å². The summed E-state index contributed by atoms with van der Waals surface area (Å²) in [4.78, 5) is 29.3. The van der Waals surface area contributed by atoms with Crippen LogP contribution in [0.3, 0.4) is 0 Å². The van der Waals surface area contributed by atoms with Gasteiger partial charge in [-0.1, -0.05) is 6.07 Å². The number of non-ortho nitro benzene ring substituents is 1. The van der Waals surface area contributed by atoms with E-state index < -0.39 is 10.8 Å². The molecule has 1 aromatic carbocycles. The number of anilines is 2. The number of nitrogens with zero attached hydrogens (tertiary/aromatic N) is 3. The van der Waals surface area contributed by atoms with Crippen LogP contribution in [-0.2, 0) is 0 Å². The van der Waals surface area contributed by atoms with Gasteiger partial charge in [-0.15, -0.1) is 0 Å². The number of carbonyl (C=O) groups is 1. The number of nitro benzene ring substituents is 1. The highest BCUT2D eigenvalue weighted by Crippen LogP contribution is 2.21. The molecular weight excluding hydrogens is 322 g/mol. The lowest BCUT2D eigenvalue weighted by atomic mass is 10.0. The van der Waals surface area contributed by atoms with Crippen molar-refractivity contribution >= 4 is 23.1 Å². The molecule has 2 aromatic rings. The summed E-state index contributed by atoms with van der Waals surface area (Å²) >= 11 is 0. The van der Waals surface area contributed by atoms with Gasteiger partial charge in [-0.05, 0) is 31.0 Å². The molecule has 1 amide bonds. The maximum atomic E-state index is 12.5. The molecule has 1 saturated heterocycles. The number of nitrogen functional groups attached to an aromatic ring is 1. The van der Waals surface area contributed by atoms with E-state index in [4.69, 9.17) is 5.73 Å². The zero-order valence-corrected chi connectivity index (χ0v) is 13.6. The monoisotopic (exact) mass is 341 g/mol. The van der Waals surface area contributed by atoms with Gasteiger partial charge >= 0.3 is 0 Å².